The van der Waals surface area contributed by atoms with E-state index >= 15 is 0 Å². The van der Waals surface area contributed by atoms with Crippen molar-refractivity contribution in [2.75, 3.05) is 13.1 Å². The number of rotatable bonds is 5. The van der Waals surface area contributed by atoms with E-state index in [-0.39, 0.29) is 11.8 Å². The van der Waals surface area contributed by atoms with Gasteiger partial charge in [-0.1, -0.05) is 12.0 Å². The van der Waals surface area contributed by atoms with E-state index in [1.54, 1.807) is 0 Å². The highest BCUT2D eigenvalue weighted by Gasteiger charge is 2.38. The average molecular weight is 182 g/mol. The van der Waals surface area contributed by atoms with Crippen LogP contribution in [0.15, 0.2) is 5.11 Å². The molecule has 0 spiro atoms. The first-order valence-corrected chi connectivity index (χ1v) is 4.54. The largest absolute Gasteiger partial charge is 0.356 e. The molecule has 0 saturated heterocycles. The molecule has 0 aromatic carbocycles. The van der Waals surface area contributed by atoms with E-state index in [9.17, 15) is 4.79 Å². The number of amides is 1. The molecular formula is C8H14N4O. The molecule has 1 N–H and O–H groups in total. The minimum absolute atomic E-state index is 0.147. The van der Waals surface area contributed by atoms with Gasteiger partial charge in [0.05, 0.1) is 0 Å². The molecule has 1 rings (SSSR count). The topological polar surface area (TPSA) is 77.9 Å². The fraction of sp³-hybridized carbons (Fsp3) is 0.875. The molecule has 2 unspecified atom stereocenters. The normalized spacial score (nSPS) is 24.7. The first-order chi connectivity index (χ1) is 6.25. The molecule has 0 heterocycles. The summed E-state index contributed by atoms with van der Waals surface area (Å²) in [6.07, 6.45) is 1.74. The van der Waals surface area contributed by atoms with Crippen LogP contribution in [0.4, 0.5) is 0 Å². The van der Waals surface area contributed by atoms with Crippen molar-refractivity contribution in [3.05, 3.63) is 10.4 Å². The van der Waals surface area contributed by atoms with Gasteiger partial charge in [-0.3, -0.25) is 4.79 Å². The lowest BCUT2D eigenvalue weighted by Crippen LogP contribution is -2.26. The molecule has 0 radical (unpaired) electrons. The Kier molecular flexibility index (Phi) is 3.58. The van der Waals surface area contributed by atoms with E-state index in [1.807, 2.05) is 0 Å². The first-order valence-electron chi connectivity index (χ1n) is 4.54. The molecule has 0 aromatic heterocycles. The molecule has 1 aliphatic carbocycles. The molecule has 5 heteroatoms. The van der Waals surface area contributed by atoms with Gasteiger partial charge in [-0.15, -0.1) is 0 Å². The van der Waals surface area contributed by atoms with Crippen LogP contribution < -0.4 is 5.32 Å². The maximum Gasteiger partial charge on any atom is 0.223 e. The van der Waals surface area contributed by atoms with Crippen molar-refractivity contribution in [1.82, 2.24) is 5.32 Å². The summed E-state index contributed by atoms with van der Waals surface area (Å²) >= 11 is 0. The number of nitrogens with one attached hydrogen (secondary N) is 1. The lowest BCUT2D eigenvalue weighted by Gasteiger charge is -2.01. The molecule has 72 valence electrons. The third-order valence-electron chi connectivity index (χ3n) is 2.24. The van der Waals surface area contributed by atoms with Gasteiger partial charge in [0.2, 0.25) is 5.91 Å². The fourth-order valence-electron chi connectivity index (χ4n) is 1.22. The van der Waals surface area contributed by atoms with Crippen LogP contribution in [0.25, 0.3) is 10.4 Å². The smallest absolute Gasteiger partial charge is 0.223 e. The summed E-state index contributed by atoms with van der Waals surface area (Å²) in [5.74, 6) is 0.935. The lowest BCUT2D eigenvalue weighted by atomic mass is 10.3. The Morgan fingerprint density at radius 1 is 1.77 bits per heavy atom. The van der Waals surface area contributed by atoms with Gasteiger partial charge in [0, 0.05) is 23.9 Å². The Morgan fingerprint density at radius 2 is 2.46 bits per heavy atom. The van der Waals surface area contributed by atoms with Crippen molar-refractivity contribution < 1.29 is 4.79 Å². The third kappa shape index (κ3) is 3.34. The maximum atomic E-state index is 11.2. The van der Waals surface area contributed by atoms with Crippen LogP contribution >= 0.6 is 0 Å². The third-order valence-corrected chi connectivity index (χ3v) is 2.24. The van der Waals surface area contributed by atoms with Crippen molar-refractivity contribution in [2.45, 2.75) is 19.8 Å². The van der Waals surface area contributed by atoms with Crippen LogP contribution in [-0.2, 0) is 4.79 Å². The lowest BCUT2D eigenvalue weighted by molar-refractivity contribution is -0.122. The number of hydrogen-bond donors (Lipinski definition) is 1. The van der Waals surface area contributed by atoms with E-state index in [0.29, 0.717) is 19.0 Å². The number of carbonyl (C=O) groups is 1. The quantitative estimate of drug-likeness (QED) is 0.297. The van der Waals surface area contributed by atoms with E-state index < -0.39 is 0 Å². The number of nitrogens with zero attached hydrogens (tertiary/aromatic N) is 3. The van der Waals surface area contributed by atoms with E-state index in [1.165, 1.54) is 0 Å². The highest BCUT2D eigenvalue weighted by atomic mass is 16.2. The van der Waals surface area contributed by atoms with Crippen molar-refractivity contribution in [2.24, 2.45) is 17.0 Å². The highest BCUT2D eigenvalue weighted by Crippen LogP contribution is 2.37. The van der Waals surface area contributed by atoms with Crippen LogP contribution in [0, 0.1) is 11.8 Å². The van der Waals surface area contributed by atoms with Gasteiger partial charge in [0.25, 0.3) is 0 Å². The minimum Gasteiger partial charge on any atom is -0.356 e. The Morgan fingerprint density at radius 3 is 3.00 bits per heavy atom. The van der Waals surface area contributed by atoms with Gasteiger partial charge in [-0.05, 0) is 24.3 Å². The summed E-state index contributed by atoms with van der Waals surface area (Å²) in [4.78, 5) is 13.9. The molecule has 0 bridgehead atoms. The van der Waals surface area contributed by atoms with Crippen LogP contribution in [0.1, 0.15) is 19.8 Å². The van der Waals surface area contributed by atoms with Crippen molar-refractivity contribution in [1.29, 1.82) is 0 Å². The zero-order chi connectivity index (χ0) is 9.68. The predicted octanol–water partition coefficient (Wildman–Crippen LogP) is 1.46. The molecule has 5 nitrogen and oxygen atoms in total. The monoisotopic (exact) mass is 182 g/mol. The fourth-order valence-corrected chi connectivity index (χ4v) is 1.22. The van der Waals surface area contributed by atoms with E-state index in [0.717, 1.165) is 12.8 Å². The van der Waals surface area contributed by atoms with E-state index in [2.05, 4.69) is 22.3 Å². The first kappa shape index (κ1) is 9.86. The molecule has 1 amide bonds. The molecule has 1 fully saturated rings. The van der Waals surface area contributed by atoms with E-state index in [4.69, 9.17) is 5.53 Å². The van der Waals surface area contributed by atoms with Gasteiger partial charge in [-0.2, -0.15) is 0 Å². The summed E-state index contributed by atoms with van der Waals surface area (Å²) < 4.78 is 0. The van der Waals surface area contributed by atoms with Gasteiger partial charge >= 0.3 is 0 Å². The van der Waals surface area contributed by atoms with Gasteiger partial charge < -0.3 is 5.32 Å². The second-order valence-corrected chi connectivity index (χ2v) is 3.42. The van der Waals surface area contributed by atoms with Crippen LogP contribution in [0.2, 0.25) is 0 Å². The van der Waals surface area contributed by atoms with Gasteiger partial charge in [0.15, 0.2) is 0 Å². The van der Waals surface area contributed by atoms with Crippen molar-refractivity contribution in [3.63, 3.8) is 0 Å². The molecule has 0 aliphatic heterocycles. The summed E-state index contributed by atoms with van der Waals surface area (Å²) in [5.41, 5.74) is 7.98. The zero-order valence-electron chi connectivity index (χ0n) is 7.73. The molecule has 1 aliphatic rings. The van der Waals surface area contributed by atoms with Gasteiger partial charge in [0.1, 0.15) is 0 Å². The molecule has 13 heavy (non-hydrogen) atoms. The second-order valence-electron chi connectivity index (χ2n) is 3.42. The number of azide groups is 1. The Bertz CT molecular complexity index is 234. The predicted molar refractivity (Wildman–Crippen MR) is 48.9 cm³/mol. The highest BCUT2D eigenvalue weighted by molar-refractivity contribution is 5.81. The Labute approximate surface area is 77.1 Å². The van der Waals surface area contributed by atoms with Gasteiger partial charge in [-0.25, -0.2) is 0 Å². The molecule has 0 aromatic rings. The zero-order valence-corrected chi connectivity index (χ0v) is 7.73. The SMILES string of the molecule is CC1CC1C(=O)NCCCN=[N+]=[N-]. The summed E-state index contributed by atoms with van der Waals surface area (Å²) in [6, 6.07) is 0. The molecular weight excluding hydrogens is 168 g/mol. The maximum absolute atomic E-state index is 11.2. The second kappa shape index (κ2) is 4.72. The number of carbonyl (C=O) groups excluding carboxylic acids is 1. The Balaban J connectivity index is 1.99. The molecule has 2 atom stereocenters. The van der Waals surface area contributed by atoms with Crippen molar-refractivity contribution in [3.8, 4) is 0 Å². The van der Waals surface area contributed by atoms with Crippen LogP contribution in [-0.4, -0.2) is 19.0 Å². The van der Waals surface area contributed by atoms with Crippen LogP contribution in [0.5, 0.6) is 0 Å². The number of hydrogen-bond acceptors (Lipinski definition) is 2. The summed E-state index contributed by atoms with van der Waals surface area (Å²) in [5, 5.41) is 6.18. The minimum atomic E-state index is 0.147. The Hall–Kier alpha value is -1.22. The summed E-state index contributed by atoms with van der Waals surface area (Å²) in [6.45, 7) is 3.14. The standard InChI is InChI=1S/C8H14N4O/c1-6-5-7(6)8(13)10-3-2-4-11-12-9/h6-7H,2-5H2,1H3,(H,10,13). The van der Waals surface area contributed by atoms with Crippen molar-refractivity contribution >= 4 is 5.91 Å². The average Bonchev–Trinajstić information content (AvgIpc) is 2.82. The van der Waals surface area contributed by atoms with Crippen LogP contribution in [0.3, 0.4) is 0 Å². The molecule has 1 saturated carbocycles. The summed E-state index contributed by atoms with van der Waals surface area (Å²) in [7, 11) is 0.